The van der Waals surface area contributed by atoms with E-state index in [4.69, 9.17) is 14.0 Å². The highest BCUT2D eigenvalue weighted by molar-refractivity contribution is 6.63. The molecule has 1 heterocycles. The topological polar surface area (TPSA) is 44.8 Å². The number of carbonyl (C=O) groups excluding carboxylic acids is 1. The van der Waals surface area contributed by atoms with Gasteiger partial charge in [0, 0.05) is 11.0 Å². The second-order valence-corrected chi connectivity index (χ2v) is 7.74. The Morgan fingerprint density at radius 2 is 1.65 bits per heavy atom. The van der Waals surface area contributed by atoms with Gasteiger partial charge in [-0.2, -0.15) is 0 Å². The molecule has 4 nitrogen and oxygen atoms in total. The van der Waals surface area contributed by atoms with Crippen LogP contribution in [0.25, 0.3) is 11.1 Å². The summed E-state index contributed by atoms with van der Waals surface area (Å²) < 4.78 is 17.9. The Morgan fingerprint density at radius 1 is 1.00 bits per heavy atom. The lowest BCUT2D eigenvalue weighted by Crippen LogP contribution is -2.41. The fourth-order valence-corrected chi connectivity index (χ4v) is 3.14. The standard InChI is InChI=1S/C21H25BO4/c1-14-11-15(13-23)7-9-17(14)16-8-10-19(24-6)18(12-16)22-25-20(2,3)21(4,5)26-22/h7-13H,1-6H3. The van der Waals surface area contributed by atoms with Crippen LogP contribution >= 0.6 is 0 Å². The molecule has 136 valence electrons. The summed E-state index contributed by atoms with van der Waals surface area (Å²) in [5.41, 5.74) is 3.84. The molecule has 1 aliphatic rings. The third-order valence-corrected chi connectivity index (χ3v) is 5.43. The minimum Gasteiger partial charge on any atom is -0.497 e. The van der Waals surface area contributed by atoms with E-state index in [0.29, 0.717) is 5.56 Å². The van der Waals surface area contributed by atoms with Crippen molar-refractivity contribution < 1.29 is 18.8 Å². The largest absolute Gasteiger partial charge is 0.498 e. The molecule has 1 fully saturated rings. The van der Waals surface area contributed by atoms with Gasteiger partial charge in [-0.3, -0.25) is 4.79 Å². The van der Waals surface area contributed by atoms with Gasteiger partial charge in [-0.05, 0) is 63.4 Å². The predicted octanol–water partition coefficient (Wildman–Crippen LogP) is 3.78. The van der Waals surface area contributed by atoms with Gasteiger partial charge < -0.3 is 14.0 Å². The number of rotatable bonds is 4. The first kappa shape index (κ1) is 18.7. The lowest BCUT2D eigenvalue weighted by atomic mass is 9.77. The summed E-state index contributed by atoms with van der Waals surface area (Å²) in [4.78, 5) is 11.0. The lowest BCUT2D eigenvalue weighted by molar-refractivity contribution is 0.00578. The second-order valence-electron chi connectivity index (χ2n) is 7.74. The summed E-state index contributed by atoms with van der Waals surface area (Å²) in [7, 11) is 1.15. The zero-order chi connectivity index (χ0) is 19.1. The van der Waals surface area contributed by atoms with Crippen LogP contribution in [0.15, 0.2) is 36.4 Å². The van der Waals surface area contributed by atoms with E-state index in [1.165, 1.54) is 0 Å². The Bertz CT molecular complexity index is 826. The zero-order valence-electron chi connectivity index (χ0n) is 16.3. The normalized spacial score (nSPS) is 18.0. The van der Waals surface area contributed by atoms with Crippen molar-refractivity contribution in [2.45, 2.75) is 45.8 Å². The number of hydrogen-bond acceptors (Lipinski definition) is 4. The SMILES string of the molecule is COc1ccc(-c2ccc(C=O)cc2C)cc1B1OC(C)(C)C(C)(C)O1. The van der Waals surface area contributed by atoms with Gasteiger partial charge in [-0.1, -0.05) is 24.3 Å². The van der Waals surface area contributed by atoms with Gasteiger partial charge in [0.25, 0.3) is 0 Å². The highest BCUT2D eigenvalue weighted by Crippen LogP contribution is 2.37. The zero-order valence-corrected chi connectivity index (χ0v) is 16.3. The average Bonchev–Trinajstić information content (AvgIpc) is 2.81. The Kier molecular flexibility index (Phi) is 4.71. The summed E-state index contributed by atoms with van der Waals surface area (Å²) in [6.07, 6.45) is 0.862. The van der Waals surface area contributed by atoms with Crippen LogP contribution < -0.4 is 10.2 Å². The molecule has 0 spiro atoms. The van der Waals surface area contributed by atoms with Crippen molar-refractivity contribution in [1.29, 1.82) is 0 Å². The van der Waals surface area contributed by atoms with Crippen molar-refractivity contribution in [1.82, 2.24) is 0 Å². The molecule has 0 amide bonds. The van der Waals surface area contributed by atoms with Gasteiger partial charge in [0.15, 0.2) is 0 Å². The lowest BCUT2D eigenvalue weighted by Gasteiger charge is -2.32. The molecule has 2 aromatic rings. The third-order valence-electron chi connectivity index (χ3n) is 5.43. The fourth-order valence-electron chi connectivity index (χ4n) is 3.14. The number of ether oxygens (including phenoxy) is 1. The molecule has 1 saturated heterocycles. The minimum atomic E-state index is -0.496. The predicted molar refractivity (Wildman–Crippen MR) is 104 cm³/mol. The molecule has 1 aliphatic heterocycles. The molecule has 2 aromatic carbocycles. The number of aldehydes is 1. The quantitative estimate of drug-likeness (QED) is 0.621. The van der Waals surface area contributed by atoms with E-state index in [-0.39, 0.29) is 0 Å². The van der Waals surface area contributed by atoms with Gasteiger partial charge in [0.05, 0.1) is 18.3 Å². The maximum Gasteiger partial charge on any atom is 0.498 e. The third kappa shape index (κ3) is 3.17. The van der Waals surface area contributed by atoms with Crippen LogP contribution in [0, 0.1) is 6.92 Å². The average molecular weight is 352 g/mol. The Labute approximate surface area is 155 Å². The van der Waals surface area contributed by atoms with E-state index in [0.717, 1.165) is 34.2 Å². The highest BCUT2D eigenvalue weighted by atomic mass is 16.7. The molecular weight excluding hydrogens is 327 g/mol. The van der Waals surface area contributed by atoms with Crippen molar-refractivity contribution >= 4 is 18.9 Å². The molecule has 0 atom stereocenters. The number of methoxy groups -OCH3 is 1. The summed E-state index contributed by atoms with van der Waals surface area (Å²) in [5.74, 6) is 0.731. The van der Waals surface area contributed by atoms with Crippen LogP contribution in [-0.2, 0) is 9.31 Å². The first-order valence-corrected chi connectivity index (χ1v) is 8.78. The number of benzene rings is 2. The van der Waals surface area contributed by atoms with Crippen molar-refractivity contribution in [2.75, 3.05) is 7.11 Å². The highest BCUT2D eigenvalue weighted by Gasteiger charge is 2.52. The van der Waals surface area contributed by atoms with Gasteiger partial charge in [-0.25, -0.2) is 0 Å². The summed E-state index contributed by atoms with van der Waals surface area (Å²) >= 11 is 0. The number of hydrogen-bond donors (Lipinski definition) is 0. The molecule has 0 aliphatic carbocycles. The Hall–Kier alpha value is -2.11. The monoisotopic (exact) mass is 352 g/mol. The van der Waals surface area contributed by atoms with Crippen molar-refractivity contribution in [2.24, 2.45) is 0 Å². The fraction of sp³-hybridized carbons (Fsp3) is 0.381. The van der Waals surface area contributed by atoms with E-state index in [1.807, 2.05) is 71.0 Å². The van der Waals surface area contributed by atoms with E-state index in [9.17, 15) is 4.79 Å². The first-order valence-electron chi connectivity index (χ1n) is 8.78. The van der Waals surface area contributed by atoms with E-state index >= 15 is 0 Å². The maximum atomic E-state index is 11.0. The van der Waals surface area contributed by atoms with Gasteiger partial charge in [-0.15, -0.1) is 0 Å². The van der Waals surface area contributed by atoms with Crippen molar-refractivity contribution in [3.05, 3.63) is 47.5 Å². The second kappa shape index (κ2) is 6.56. The first-order chi connectivity index (χ1) is 12.2. The van der Waals surface area contributed by atoms with Gasteiger partial charge in [0.2, 0.25) is 0 Å². The van der Waals surface area contributed by atoms with Crippen LogP contribution in [0.2, 0.25) is 0 Å². The molecule has 3 rings (SSSR count). The summed E-state index contributed by atoms with van der Waals surface area (Å²) in [6.45, 7) is 10.1. The van der Waals surface area contributed by atoms with Crippen LogP contribution in [-0.4, -0.2) is 31.7 Å². The molecular formula is C21H25BO4. The maximum absolute atomic E-state index is 11.0. The molecule has 0 bridgehead atoms. The van der Waals surface area contributed by atoms with E-state index in [1.54, 1.807) is 7.11 Å². The summed E-state index contributed by atoms with van der Waals surface area (Å²) in [5, 5.41) is 0. The van der Waals surface area contributed by atoms with Crippen LogP contribution in [0.3, 0.4) is 0 Å². The molecule has 26 heavy (non-hydrogen) atoms. The molecule has 5 heteroatoms. The Morgan fingerprint density at radius 3 is 2.19 bits per heavy atom. The van der Waals surface area contributed by atoms with Crippen molar-refractivity contribution in [3.63, 3.8) is 0 Å². The van der Waals surface area contributed by atoms with Gasteiger partial charge >= 0.3 is 7.12 Å². The molecule has 0 unspecified atom stereocenters. The van der Waals surface area contributed by atoms with Crippen LogP contribution in [0.5, 0.6) is 5.75 Å². The molecule has 0 radical (unpaired) electrons. The van der Waals surface area contributed by atoms with Crippen LogP contribution in [0.1, 0.15) is 43.6 Å². The smallest absolute Gasteiger partial charge is 0.497 e. The minimum absolute atomic E-state index is 0.416. The van der Waals surface area contributed by atoms with Gasteiger partial charge in [0.1, 0.15) is 12.0 Å². The molecule has 0 N–H and O–H groups in total. The van der Waals surface area contributed by atoms with E-state index in [2.05, 4.69) is 0 Å². The summed E-state index contributed by atoms with van der Waals surface area (Å²) in [6, 6.07) is 11.7. The Balaban J connectivity index is 2.05. The number of aryl methyl sites for hydroxylation is 1. The molecule has 0 saturated carbocycles. The van der Waals surface area contributed by atoms with Crippen molar-refractivity contribution in [3.8, 4) is 16.9 Å². The number of carbonyl (C=O) groups is 1. The van der Waals surface area contributed by atoms with E-state index < -0.39 is 18.3 Å². The van der Waals surface area contributed by atoms with Crippen LogP contribution in [0.4, 0.5) is 0 Å². The molecule has 0 aromatic heterocycles.